The van der Waals surface area contributed by atoms with Crippen molar-refractivity contribution in [1.82, 2.24) is 14.8 Å². The van der Waals surface area contributed by atoms with Gasteiger partial charge in [0.25, 0.3) is 0 Å². The molecule has 16 heavy (non-hydrogen) atoms. The zero-order valence-corrected chi connectivity index (χ0v) is 11.0. The van der Waals surface area contributed by atoms with E-state index in [0.29, 0.717) is 21.6 Å². The van der Waals surface area contributed by atoms with Crippen LogP contribution in [-0.4, -0.2) is 14.8 Å². The lowest BCUT2D eigenvalue weighted by Crippen LogP contribution is -2.03. The summed E-state index contributed by atoms with van der Waals surface area (Å²) in [4.78, 5) is 3.96. The first-order valence-corrected chi connectivity index (χ1v) is 5.84. The average Bonchev–Trinajstić information content (AvgIpc) is 2.51. The molecule has 0 saturated carbocycles. The minimum atomic E-state index is -0.868. The highest BCUT2D eigenvalue weighted by molar-refractivity contribution is 9.11. The molecule has 2 aromatic rings. The first kappa shape index (κ1) is 11.7. The molecule has 1 aromatic carbocycles. The lowest BCUT2D eigenvalue weighted by atomic mass is 10.2. The zero-order valence-electron chi connectivity index (χ0n) is 7.79. The van der Waals surface area contributed by atoms with Gasteiger partial charge in [-0.25, -0.2) is 13.5 Å². The lowest BCUT2D eigenvalue weighted by Gasteiger charge is -2.02. The molecule has 0 aliphatic heterocycles. The van der Waals surface area contributed by atoms with Crippen molar-refractivity contribution < 1.29 is 8.78 Å². The van der Waals surface area contributed by atoms with E-state index in [2.05, 4.69) is 41.9 Å². The highest BCUT2D eigenvalue weighted by Crippen LogP contribution is 2.15. The van der Waals surface area contributed by atoms with Gasteiger partial charge in [0.05, 0.1) is 6.54 Å². The van der Waals surface area contributed by atoms with Gasteiger partial charge >= 0.3 is 0 Å². The van der Waals surface area contributed by atoms with Crippen molar-refractivity contribution in [2.45, 2.75) is 6.54 Å². The quantitative estimate of drug-likeness (QED) is 0.831. The molecule has 0 atom stereocenters. The Bertz CT molecular complexity index is 527. The molecule has 0 fully saturated rings. The first-order valence-electron chi connectivity index (χ1n) is 4.26. The van der Waals surface area contributed by atoms with Crippen LogP contribution < -0.4 is 0 Å². The maximum absolute atomic E-state index is 12.9. The van der Waals surface area contributed by atoms with Crippen molar-refractivity contribution in [3.63, 3.8) is 0 Å². The number of rotatable bonds is 2. The molecule has 3 nitrogen and oxygen atoms in total. The largest absolute Gasteiger partial charge is 0.235 e. The Morgan fingerprint density at radius 1 is 1.19 bits per heavy atom. The molecule has 0 saturated heterocycles. The normalized spacial score (nSPS) is 10.8. The fourth-order valence-electron chi connectivity index (χ4n) is 1.21. The number of hydrogen-bond donors (Lipinski definition) is 0. The molecule has 84 valence electrons. The van der Waals surface area contributed by atoms with Gasteiger partial charge in [-0.2, -0.15) is 4.98 Å². The van der Waals surface area contributed by atoms with Crippen LogP contribution in [0, 0.1) is 11.6 Å². The molecular weight excluding hydrogens is 348 g/mol. The van der Waals surface area contributed by atoms with Crippen LogP contribution >= 0.6 is 31.9 Å². The summed E-state index contributed by atoms with van der Waals surface area (Å²) in [5.41, 5.74) is 0.608. The maximum atomic E-state index is 12.9. The second-order valence-corrected chi connectivity index (χ2v) is 4.47. The van der Waals surface area contributed by atoms with Crippen LogP contribution in [0.15, 0.2) is 27.7 Å². The second kappa shape index (κ2) is 4.58. The smallest absolute Gasteiger partial charge is 0.218 e. The van der Waals surface area contributed by atoms with Gasteiger partial charge in [-0.15, -0.1) is 5.10 Å². The van der Waals surface area contributed by atoms with Gasteiger partial charge in [0.15, 0.2) is 16.4 Å². The topological polar surface area (TPSA) is 30.7 Å². The van der Waals surface area contributed by atoms with Crippen molar-refractivity contribution in [1.29, 1.82) is 0 Å². The summed E-state index contributed by atoms with van der Waals surface area (Å²) in [7, 11) is 0. The first-order chi connectivity index (χ1) is 7.56. The third kappa shape index (κ3) is 2.46. The van der Waals surface area contributed by atoms with E-state index in [0.717, 1.165) is 12.1 Å². The Morgan fingerprint density at radius 3 is 2.50 bits per heavy atom. The Balaban J connectivity index is 2.27. The molecule has 0 amide bonds. The summed E-state index contributed by atoms with van der Waals surface area (Å²) in [6.45, 7) is 0.316. The summed E-state index contributed by atoms with van der Waals surface area (Å²) in [5, 5.41) is 4.02. The van der Waals surface area contributed by atoms with E-state index in [4.69, 9.17) is 0 Å². The Labute approximate surface area is 107 Å². The molecule has 0 radical (unpaired) electrons. The van der Waals surface area contributed by atoms with Crippen molar-refractivity contribution in [2.24, 2.45) is 0 Å². The zero-order chi connectivity index (χ0) is 11.7. The molecule has 0 aliphatic carbocycles. The molecule has 0 aliphatic rings. The van der Waals surface area contributed by atoms with Gasteiger partial charge in [-0.1, -0.05) is 6.07 Å². The van der Waals surface area contributed by atoms with Crippen LogP contribution in [0.25, 0.3) is 0 Å². The second-order valence-electron chi connectivity index (χ2n) is 3.06. The molecule has 2 rings (SSSR count). The van der Waals surface area contributed by atoms with Crippen LogP contribution in [0.4, 0.5) is 8.78 Å². The van der Waals surface area contributed by atoms with Crippen molar-refractivity contribution in [3.8, 4) is 0 Å². The third-order valence-electron chi connectivity index (χ3n) is 1.92. The number of nitrogens with zero attached hydrogens (tertiary/aromatic N) is 3. The van der Waals surface area contributed by atoms with Crippen LogP contribution in [0.2, 0.25) is 0 Å². The number of aromatic nitrogens is 3. The van der Waals surface area contributed by atoms with Crippen LogP contribution in [-0.2, 0) is 6.54 Å². The van der Waals surface area contributed by atoms with E-state index in [1.54, 1.807) is 0 Å². The standard InChI is InChI=1S/C9H5Br2F2N3/c10-8-14-9(11)16(15-8)4-5-1-2-6(12)7(13)3-5/h1-3H,4H2. The van der Waals surface area contributed by atoms with Crippen LogP contribution in [0.1, 0.15) is 5.56 Å². The SMILES string of the molecule is Fc1ccc(Cn2nc(Br)nc2Br)cc1F. The highest BCUT2D eigenvalue weighted by atomic mass is 79.9. The minimum absolute atomic E-state index is 0.316. The monoisotopic (exact) mass is 351 g/mol. The van der Waals surface area contributed by atoms with Gasteiger partial charge in [0.2, 0.25) is 4.73 Å². The molecule has 0 bridgehead atoms. The van der Waals surface area contributed by atoms with Gasteiger partial charge < -0.3 is 0 Å². The van der Waals surface area contributed by atoms with Gasteiger partial charge in [-0.3, -0.25) is 0 Å². The Hall–Kier alpha value is -0.820. The van der Waals surface area contributed by atoms with E-state index >= 15 is 0 Å². The van der Waals surface area contributed by atoms with Crippen LogP contribution in [0.5, 0.6) is 0 Å². The van der Waals surface area contributed by atoms with E-state index in [1.165, 1.54) is 10.7 Å². The maximum Gasteiger partial charge on any atom is 0.218 e. The molecule has 7 heteroatoms. The van der Waals surface area contributed by atoms with Gasteiger partial charge in [0, 0.05) is 0 Å². The number of benzene rings is 1. The van der Waals surface area contributed by atoms with Crippen molar-refractivity contribution >= 4 is 31.9 Å². The molecule has 0 spiro atoms. The summed E-state index contributed by atoms with van der Waals surface area (Å²) < 4.78 is 28.1. The molecular formula is C9H5Br2F2N3. The average molecular weight is 353 g/mol. The van der Waals surface area contributed by atoms with Crippen LogP contribution in [0.3, 0.4) is 0 Å². The number of halogens is 4. The van der Waals surface area contributed by atoms with Gasteiger partial charge in [-0.05, 0) is 49.6 Å². The van der Waals surface area contributed by atoms with Gasteiger partial charge in [0.1, 0.15) is 0 Å². The summed E-state index contributed by atoms with van der Waals surface area (Å²) in [6, 6.07) is 3.72. The molecule has 0 unspecified atom stereocenters. The van der Waals surface area contributed by atoms with Crippen molar-refractivity contribution in [3.05, 3.63) is 44.9 Å². The summed E-state index contributed by atoms with van der Waals surface area (Å²) >= 11 is 6.31. The lowest BCUT2D eigenvalue weighted by molar-refractivity contribution is 0.505. The van der Waals surface area contributed by atoms with E-state index in [9.17, 15) is 8.78 Å². The fraction of sp³-hybridized carbons (Fsp3) is 0.111. The Morgan fingerprint density at radius 2 is 1.94 bits per heavy atom. The minimum Gasteiger partial charge on any atom is -0.235 e. The number of hydrogen-bond acceptors (Lipinski definition) is 2. The molecule has 1 heterocycles. The Kier molecular flexibility index (Phi) is 3.34. The fourth-order valence-corrected chi connectivity index (χ4v) is 2.18. The molecule has 0 N–H and O–H groups in total. The molecule has 1 aromatic heterocycles. The van der Waals surface area contributed by atoms with E-state index in [1.807, 2.05) is 0 Å². The predicted octanol–water partition coefficient (Wildman–Crippen LogP) is 3.13. The van der Waals surface area contributed by atoms with Crippen molar-refractivity contribution in [2.75, 3.05) is 0 Å². The van der Waals surface area contributed by atoms with E-state index in [-0.39, 0.29) is 0 Å². The summed E-state index contributed by atoms with van der Waals surface area (Å²) in [5.74, 6) is -1.73. The summed E-state index contributed by atoms with van der Waals surface area (Å²) in [6.07, 6.45) is 0. The third-order valence-corrected chi connectivity index (χ3v) is 2.84. The van der Waals surface area contributed by atoms with E-state index < -0.39 is 11.6 Å². The highest BCUT2D eigenvalue weighted by Gasteiger charge is 2.07. The predicted molar refractivity (Wildman–Crippen MR) is 60.9 cm³/mol.